The SMILES string of the molecule is CCC1CCCN1C(=O)C1CCCNC1. The van der Waals surface area contributed by atoms with Gasteiger partial charge in [-0.3, -0.25) is 4.79 Å². The van der Waals surface area contributed by atoms with E-state index in [1.165, 1.54) is 12.8 Å². The Kier molecular flexibility index (Phi) is 3.62. The highest BCUT2D eigenvalue weighted by Gasteiger charge is 2.32. The van der Waals surface area contributed by atoms with E-state index in [0.29, 0.717) is 11.9 Å². The highest BCUT2D eigenvalue weighted by molar-refractivity contribution is 5.79. The summed E-state index contributed by atoms with van der Waals surface area (Å²) in [6, 6.07) is 0.527. The fraction of sp³-hybridized carbons (Fsp3) is 0.917. The molecule has 2 fully saturated rings. The fourth-order valence-electron chi connectivity index (χ4n) is 2.85. The van der Waals surface area contributed by atoms with Crippen LogP contribution in [0.4, 0.5) is 0 Å². The van der Waals surface area contributed by atoms with Gasteiger partial charge in [0.2, 0.25) is 5.91 Å². The van der Waals surface area contributed by atoms with Gasteiger partial charge >= 0.3 is 0 Å². The third-order valence-corrected chi connectivity index (χ3v) is 3.78. The van der Waals surface area contributed by atoms with Crippen LogP contribution in [0.1, 0.15) is 39.0 Å². The van der Waals surface area contributed by atoms with Gasteiger partial charge in [-0.1, -0.05) is 6.92 Å². The highest BCUT2D eigenvalue weighted by Crippen LogP contribution is 2.24. The Balaban J connectivity index is 1.93. The van der Waals surface area contributed by atoms with Gasteiger partial charge in [-0.05, 0) is 38.6 Å². The van der Waals surface area contributed by atoms with Crippen molar-refractivity contribution < 1.29 is 4.79 Å². The van der Waals surface area contributed by atoms with Crippen LogP contribution in [0.15, 0.2) is 0 Å². The molecule has 2 saturated heterocycles. The smallest absolute Gasteiger partial charge is 0.227 e. The lowest BCUT2D eigenvalue weighted by Crippen LogP contribution is -2.44. The topological polar surface area (TPSA) is 32.3 Å². The number of hydrogen-bond acceptors (Lipinski definition) is 2. The summed E-state index contributed by atoms with van der Waals surface area (Å²) in [5, 5.41) is 3.32. The van der Waals surface area contributed by atoms with Crippen molar-refractivity contribution in [2.75, 3.05) is 19.6 Å². The zero-order chi connectivity index (χ0) is 10.7. The molecular formula is C12H22N2O. The number of nitrogens with one attached hydrogen (secondary N) is 1. The van der Waals surface area contributed by atoms with Crippen LogP contribution in [0, 0.1) is 5.92 Å². The van der Waals surface area contributed by atoms with Gasteiger partial charge in [0.25, 0.3) is 0 Å². The first-order valence-corrected chi connectivity index (χ1v) is 6.34. The standard InChI is InChI=1S/C12H22N2O/c1-2-11-6-4-8-14(11)12(15)10-5-3-7-13-9-10/h10-11,13H,2-9H2,1H3. The first-order chi connectivity index (χ1) is 7.33. The Bertz CT molecular complexity index is 224. The van der Waals surface area contributed by atoms with E-state index >= 15 is 0 Å². The van der Waals surface area contributed by atoms with Crippen LogP contribution in [0.5, 0.6) is 0 Å². The van der Waals surface area contributed by atoms with Crippen molar-refractivity contribution in [1.29, 1.82) is 0 Å². The summed E-state index contributed by atoms with van der Waals surface area (Å²) < 4.78 is 0. The summed E-state index contributed by atoms with van der Waals surface area (Å²) in [5.41, 5.74) is 0. The lowest BCUT2D eigenvalue weighted by atomic mass is 9.97. The molecule has 2 atom stereocenters. The zero-order valence-corrected chi connectivity index (χ0v) is 9.67. The van der Waals surface area contributed by atoms with Crippen molar-refractivity contribution in [3.05, 3.63) is 0 Å². The lowest BCUT2D eigenvalue weighted by Gasteiger charge is -2.30. The van der Waals surface area contributed by atoms with Crippen molar-refractivity contribution in [3.8, 4) is 0 Å². The van der Waals surface area contributed by atoms with Crippen molar-refractivity contribution in [3.63, 3.8) is 0 Å². The molecule has 2 rings (SSSR count). The van der Waals surface area contributed by atoms with Gasteiger partial charge in [0.15, 0.2) is 0 Å². The summed E-state index contributed by atoms with van der Waals surface area (Å²) in [7, 11) is 0. The van der Waals surface area contributed by atoms with Gasteiger partial charge in [0, 0.05) is 19.1 Å². The molecule has 3 nitrogen and oxygen atoms in total. The molecule has 86 valence electrons. The number of hydrogen-bond donors (Lipinski definition) is 1. The molecule has 0 spiro atoms. The van der Waals surface area contributed by atoms with E-state index in [2.05, 4.69) is 17.1 Å². The fourth-order valence-corrected chi connectivity index (χ4v) is 2.85. The molecule has 0 aromatic rings. The summed E-state index contributed by atoms with van der Waals surface area (Å²) in [6.45, 7) is 5.16. The van der Waals surface area contributed by atoms with Crippen molar-refractivity contribution >= 4 is 5.91 Å². The number of nitrogens with zero attached hydrogens (tertiary/aromatic N) is 1. The van der Waals surface area contributed by atoms with Crippen LogP contribution >= 0.6 is 0 Å². The van der Waals surface area contributed by atoms with E-state index in [1.54, 1.807) is 0 Å². The second-order valence-electron chi connectivity index (χ2n) is 4.78. The summed E-state index contributed by atoms with van der Waals surface area (Å²) in [4.78, 5) is 14.4. The molecule has 15 heavy (non-hydrogen) atoms. The summed E-state index contributed by atoms with van der Waals surface area (Å²) >= 11 is 0. The Hall–Kier alpha value is -0.570. The van der Waals surface area contributed by atoms with Crippen LogP contribution in [-0.2, 0) is 4.79 Å². The van der Waals surface area contributed by atoms with Gasteiger partial charge < -0.3 is 10.2 Å². The molecule has 0 aromatic carbocycles. The number of likely N-dealkylation sites (tertiary alicyclic amines) is 1. The predicted octanol–water partition coefficient (Wildman–Crippen LogP) is 1.39. The zero-order valence-electron chi connectivity index (χ0n) is 9.67. The van der Waals surface area contributed by atoms with Crippen LogP contribution in [0.2, 0.25) is 0 Å². The quantitative estimate of drug-likeness (QED) is 0.747. The van der Waals surface area contributed by atoms with Gasteiger partial charge in [-0.25, -0.2) is 0 Å². The van der Waals surface area contributed by atoms with E-state index in [1.807, 2.05) is 0 Å². The molecule has 2 heterocycles. The van der Waals surface area contributed by atoms with Gasteiger partial charge in [-0.15, -0.1) is 0 Å². The number of rotatable bonds is 2. The van der Waals surface area contributed by atoms with Crippen LogP contribution in [0.3, 0.4) is 0 Å². The number of piperidine rings is 1. The van der Waals surface area contributed by atoms with Crippen LogP contribution in [-0.4, -0.2) is 36.5 Å². The number of carbonyl (C=O) groups excluding carboxylic acids is 1. The normalized spacial score (nSPS) is 31.9. The number of amides is 1. The monoisotopic (exact) mass is 210 g/mol. The first kappa shape index (κ1) is 10.9. The minimum atomic E-state index is 0.255. The van der Waals surface area contributed by atoms with E-state index in [9.17, 15) is 4.79 Å². The average molecular weight is 210 g/mol. The van der Waals surface area contributed by atoms with Crippen LogP contribution < -0.4 is 5.32 Å². The molecule has 2 unspecified atom stereocenters. The predicted molar refractivity (Wildman–Crippen MR) is 60.6 cm³/mol. The van der Waals surface area contributed by atoms with E-state index < -0.39 is 0 Å². The second kappa shape index (κ2) is 4.97. The van der Waals surface area contributed by atoms with Gasteiger partial charge in [0.05, 0.1) is 5.92 Å². The van der Waals surface area contributed by atoms with Crippen molar-refractivity contribution in [1.82, 2.24) is 10.2 Å². The molecule has 1 amide bonds. The maximum absolute atomic E-state index is 12.3. The molecule has 0 radical (unpaired) electrons. The first-order valence-electron chi connectivity index (χ1n) is 6.34. The third kappa shape index (κ3) is 2.33. The molecule has 2 aliphatic heterocycles. The Labute approximate surface area is 92.2 Å². The van der Waals surface area contributed by atoms with E-state index in [-0.39, 0.29) is 5.92 Å². The molecule has 0 saturated carbocycles. The molecule has 3 heteroatoms. The Morgan fingerprint density at radius 3 is 2.93 bits per heavy atom. The minimum absolute atomic E-state index is 0.255. The molecular weight excluding hydrogens is 188 g/mol. The molecule has 0 aliphatic carbocycles. The van der Waals surface area contributed by atoms with Crippen LogP contribution in [0.25, 0.3) is 0 Å². The van der Waals surface area contributed by atoms with E-state index in [4.69, 9.17) is 0 Å². The molecule has 2 aliphatic rings. The van der Waals surface area contributed by atoms with Gasteiger partial charge in [0.1, 0.15) is 0 Å². The highest BCUT2D eigenvalue weighted by atomic mass is 16.2. The molecule has 0 bridgehead atoms. The Morgan fingerprint density at radius 1 is 1.40 bits per heavy atom. The molecule has 1 N–H and O–H groups in total. The maximum atomic E-state index is 12.3. The van der Waals surface area contributed by atoms with Gasteiger partial charge in [-0.2, -0.15) is 0 Å². The van der Waals surface area contributed by atoms with Crippen molar-refractivity contribution in [2.45, 2.75) is 45.1 Å². The molecule has 0 aromatic heterocycles. The third-order valence-electron chi connectivity index (χ3n) is 3.78. The second-order valence-corrected chi connectivity index (χ2v) is 4.78. The number of carbonyl (C=O) groups is 1. The average Bonchev–Trinajstić information content (AvgIpc) is 2.77. The summed E-state index contributed by atoms with van der Waals surface area (Å²) in [6.07, 6.45) is 5.76. The lowest BCUT2D eigenvalue weighted by molar-refractivity contribution is -0.136. The van der Waals surface area contributed by atoms with E-state index in [0.717, 1.165) is 38.9 Å². The Morgan fingerprint density at radius 2 is 2.27 bits per heavy atom. The maximum Gasteiger partial charge on any atom is 0.227 e. The van der Waals surface area contributed by atoms with Crippen molar-refractivity contribution in [2.24, 2.45) is 5.92 Å². The summed E-state index contributed by atoms with van der Waals surface area (Å²) in [5.74, 6) is 0.664. The largest absolute Gasteiger partial charge is 0.339 e. The minimum Gasteiger partial charge on any atom is -0.339 e.